The molecule has 1 atom stereocenters. The van der Waals surface area contributed by atoms with E-state index in [4.69, 9.17) is 11.6 Å². The highest BCUT2D eigenvalue weighted by atomic mass is 35.5. The van der Waals surface area contributed by atoms with E-state index in [1.807, 2.05) is 25.1 Å². The van der Waals surface area contributed by atoms with E-state index in [0.29, 0.717) is 11.7 Å². The van der Waals surface area contributed by atoms with E-state index in [0.717, 1.165) is 41.2 Å². The van der Waals surface area contributed by atoms with Crippen LogP contribution in [0.2, 0.25) is 5.02 Å². The molecule has 3 aromatic rings. The fraction of sp³-hybridized carbons (Fsp3) is 0.421. The monoisotopic (exact) mass is 357 g/mol. The van der Waals surface area contributed by atoms with Crippen LogP contribution in [0, 0.1) is 20.8 Å². The number of H-pyrrole nitrogens is 1. The molecule has 0 bridgehead atoms. The topological polar surface area (TPSA) is 66.5 Å². The number of aromatic nitrogens is 4. The molecule has 3 rings (SSSR count). The Hall–Kier alpha value is -2.14. The molecular formula is C19H24ClN5. The molecule has 132 valence electrons. The second kappa shape index (κ2) is 7.40. The van der Waals surface area contributed by atoms with E-state index < -0.39 is 0 Å². The van der Waals surface area contributed by atoms with Crippen LogP contribution in [0.3, 0.4) is 0 Å². The van der Waals surface area contributed by atoms with Crippen molar-refractivity contribution in [1.29, 1.82) is 0 Å². The number of fused-ring (bicyclic) bond motifs is 1. The number of anilines is 1. The van der Waals surface area contributed by atoms with Gasteiger partial charge in [-0.2, -0.15) is 10.3 Å². The molecule has 1 aromatic carbocycles. The van der Waals surface area contributed by atoms with E-state index in [1.165, 1.54) is 16.7 Å². The van der Waals surface area contributed by atoms with Gasteiger partial charge in [0.05, 0.1) is 5.69 Å². The molecule has 0 spiro atoms. The second-order valence-corrected chi connectivity index (χ2v) is 7.05. The number of hydrogen-bond acceptors (Lipinski definition) is 4. The molecule has 0 saturated carbocycles. The van der Waals surface area contributed by atoms with Crippen LogP contribution >= 0.6 is 11.6 Å². The number of halogens is 1. The van der Waals surface area contributed by atoms with Crippen LogP contribution in [0.5, 0.6) is 0 Å². The molecule has 0 saturated heterocycles. The average Bonchev–Trinajstić information content (AvgIpc) is 3.00. The Morgan fingerprint density at radius 2 is 1.84 bits per heavy atom. The van der Waals surface area contributed by atoms with Crippen molar-refractivity contribution in [3.63, 3.8) is 0 Å². The first-order valence-electron chi connectivity index (χ1n) is 8.68. The third kappa shape index (κ3) is 3.93. The minimum absolute atomic E-state index is 0.358. The minimum Gasteiger partial charge on any atom is -0.380 e. The third-order valence-corrected chi connectivity index (χ3v) is 4.89. The molecule has 25 heavy (non-hydrogen) atoms. The molecule has 0 aliphatic heterocycles. The maximum Gasteiger partial charge on any atom is 0.203 e. The highest BCUT2D eigenvalue weighted by Gasteiger charge is 2.14. The van der Waals surface area contributed by atoms with Gasteiger partial charge in [0, 0.05) is 16.8 Å². The zero-order chi connectivity index (χ0) is 18.0. The van der Waals surface area contributed by atoms with Gasteiger partial charge < -0.3 is 5.32 Å². The zero-order valence-electron chi connectivity index (χ0n) is 15.2. The Balaban J connectivity index is 1.76. The normalized spacial score (nSPS) is 12.5. The molecule has 2 heterocycles. The minimum atomic E-state index is 0.358. The molecule has 5 nitrogen and oxygen atoms in total. The number of benzene rings is 1. The first-order valence-corrected chi connectivity index (χ1v) is 9.06. The second-order valence-electron chi connectivity index (χ2n) is 6.61. The van der Waals surface area contributed by atoms with Crippen molar-refractivity contribution in [2.75, 3.05) is 5.32 Å². The fourth-order valence-electron chi connectivity index (χ4n) is 3.32. The van der Waals surface area contributed by atoms with Crippen LogP contribution in [-0.2, 0) is 6.42 Å². The van der Waals surface area contributed by atoms with Gasteiger partial charge in [0.2, 0.25) is 5.65 Å². The van der Waals surface area contributed by atoms with Gasteiger partial charge in [0.1, 0.15) is 0 Å². The Labute approximate surface area is 153 Å². The summed E-state index contributed by atoms with van der Waals surface area (Å²) in [5.41, 5.74) is 7.29. The fourth-order valence-corrected chi connectivity index (χ4v) is 3.65. The number of aromatic amines is 1. The summed E-state index contributed by atoms with van der Waals surface area (Å²) in [4.78, 5) is 4.40. The van der Waals surface area contributed by atoms with Gasteiger partial charge in [0.15, 0.2) is 5.52 Å². The number of hydrogen-bond donors (Lipinski definition) is 2. The molecule has 0 fully saturated rings. The van der Waals surface area contributed by atoms with E-state index in [9.17, 15) is 0 Å². The van der Waals surface area contributed by atoms with Crippen molar-refractivity contribution in [3.05, 3.63) is 45.6 Å². The Bertz CT molecular complexity index is 864. The smallest absolute Gasteiger partial charge is 0.203 e. The van der Waals surface area contributed by atoms with Gasteiger partial charge in [0.25, 0.3) is 0 Å². The number of rotatable bonds is 6. The van der Waals surface area contributed by atoms with Crippen LogP contribution in [-0.4, -0.2) is 26.4 Å². The molecule has 0 aliphatic rings. The number of nitrogens with zero attached hydrogens (tertiary/aromatic N) is 3. The summed E-state index contributed by atoms with van der Waals surface area (Å²) in [6.45, 7) is 8.44. The summed E-state index contributed by atoms with van der Waals surface area (Å²) in [6.07, 6.45) is 3.10. The van der Waals surface area contributed by atoms with Crippen molar-refractivity contribution >= 4 is 28.5 Å². The molecule has 0 radical (unpaired) electrons. The Kier molecular flexibility index (Phi) is 5.23. The standard InChI is InChI=1S/C19H24ClN5/c1-5-15(6-7-16-11(2)8-14(20)9-12(16)3)22-17-10-13(4)21-19-18(17)23-25-24-19/h8-10,15H,5-7H2,1-4H3,(H2,21,22,23,24,25). The quantitative estimate of drug-likeness (QED) is 0.667. The number of pyridine rings is 1. The summed E-state index contributed by atoms with van der Waals surface area (Å²) in [5, 5.41) is 15.4. The van der Waals surface area contributed by atoms with E-state index in [-0.39, 0.29) is 0 Å². The average molecular weight is 358 g/mol. The van der Waals surface area contributed by atoms with Crippen molar-refractivity contribution < 1.29 is 0 Å². The molecule has 2 N–H and O–H groups in total. The van der Waals surface area contributed by atoms with Gasteiger partial charge in [-0.1, -0.05) is 18.5 Å². The first kappa shape index (κ1) is 17.7. The summed E-state index contributed by atoms with van der Waals surface area (Å²) in [7, 11) is 0. The van der Waals surface area contributed by atoms with Crippen LogP contribution < -0.4 is 5.32 Å². The first-order chi connectivity index (χ1) is 12.0. The predicted octanol–water partition coefficient (Wildman–Crippen LogP) is 4.75. The molecule has 1 unspecified atom stereocenters. The van der Waals surface area contributed by atoms with E-state index >= 15 is 0 Å². The van der Waals surface area contributed by atoms with Crippen molar-refractivity contribution in [2.45, 2.75) is 53.0 Å². The highest BCUT2D eigenvalue weighted by molar-refractivity contribution is 6.30. The summed E-state index contributed by atoms with van der Waals surface area (Å²) in [5.74, 6) is 0. The SMILES string of the molecule is CCC(CCc1c(C)cc(Cl)cc1C)Nc1cc(C)nc2n[nH]nc12. The maximum absolute atomic E-state index is 6.14. The zero-order valence-corrected chi connectivity index (χ0v) is 15.9. The maximum atomic E-state index is 6.14. The van der Waals surface area contributed by atoms with E-state index in [1.54, 1.807) is 0 Å². The van der Waals surface area contributed by atoms with Crippen molar-refractivity contribution in [1.82, 2.24) is 20.4 Å². The molecular weight excluding hydrogens is 334 g/mol. The number of aryl methyl sites for hydroxylation is 3. The lowest BCUT2D eigenvalue weighted by molar-refractivity contribution is 0.631. The Morgan fingerprint density at radius 3 is 2.52 bits per heavy atom. The molecule has 0 aliphatic carbocycles. The molecule has 0 amide bonds. The van der Waals surface area contributed by atoms with Gasteiger partial charge >= 0.3 is 0 Å². The largest absolute Gasteiger partial charge is 0.380 e. The lowest BCUT2D eigenvalue weighted by atomic mass is 9.95. The van der Waals surface area contributed by atoms with Crippen molar-refractivity contribution in [2.24, 2.45) is 0 Å². The van der Waals surface area contributed by atoms with Crippen molar-refractivity contribution in [3.8, 4) is 0 Å². The summed E-state index contributed by atoms with van der Waals surface area (Å²) >= 11 is 6.14. The lowest BCUT2D eigenvalue weighted by Gasteiger charge is -2.20. The number of nitrogens with one attached hydrogen (secondary N) is 2. The van der Waals surface area contributed by atoms with Gasteiger partial charge in [-0.25, -0.2) is 4.98 Å². The van der Waals surface area contributed by atoms with Crippen LogP contribution in [0.1, 0.15) is 42.1 Å². The van der Waals surface area contributed by atoms with Gasteiger partial charge in [-0.3, -0.25) is 0 Å². The Morgan fingerprint density at radius 1 is 1.12 bits per heavy atom. The summed E-state index contributed by atoms with van der Waals surface area (Å²) < 4.78 is 0. The van der Waals surface area contributed by atoms with Gasteiger partial charge in [-0.15, -0.1) is 5.10 Å². The van der Waals surface area contributed by atoms with Crippen LogP contribution in [0.4, 0.5) is 5.69 Å². The molecule has 2 aromatic heterocycles. The van der Waals surface area contributed by atoms with Gasteiger partial charge in [-0.05, 0) is 74.9 Å². The van der Waals surface area contributed by atoms with Crippen LogP contribution in [0.15, 0.2) is 18.2 Å². The summed E-state index contributed by atoms with van der Waals surface area (Å²) in [6, 6.07) is 6.48. The molecule has 6 heteroatoms. The lowest BCUT2D eigenvalue weighted by Crippen LogP contribution is -2.20. The van der Waals surface area contributed by atoms with E-state index in [2.05, 4.69) is 46.5 Å². The predicted molar refractivity (Wildman–Crippen MR) is 103 cm³/mol. The third-order valence-electron chi connectivity index (χ3n) is 4.68. The van der Waals surface area contributed by atoms with Crippen LogP contribution in [0.25, 0.3) is 11.2 Å². The highest BCUT2D eigenvalue weighted by Crippen LogP contribution is 2.24.